The van der Waals surface area contributed by atoms with Gasteiger partial charge in [0, 0.05) is 17.8 Å². The molecule has 1 aromatic heterocycles. The Morgan fingerprint density at radius 2 is 1.93 bits per heavy atom. The first-order valence-electron chi connectivity index (χ1n) is 5.05. The van der Waals surface area contributed by atoms with E-state index in [4.69, 9.17) is 0 Å². The number of aromatic nitrogens is 1. The second-order valence-electron chi connectivity index (χ2n) is 3.92. The van der Waals surface area contributed by atoms with Crippen LogP contribution in [0.25, 0.3) is 0 Å². The molecule has 72 valence electrons. The van der Waals surface area contributed by atoms with Crippen molar-refractivity contribution in [2.45, 2.75) is 19.8 Å². The van der Waals surface area contributed by atoms with Crippen LogP contribution in [-0.4, -0.2) is 4.98 Å². The van der Waals surface area contributed by atoms with Crippen LogP contribution in [-0.2, 0) is 0 Å². The molecule has 0 saturated heterocycles. The van der Waals surface area contributed by atoms with Crippen molar-refractivity contribution in [1.82, 2.24) is 4.98 Å². The molecular weight excluding hydrogens is 170 g/mol. The molecule has 0 aromatic carbocycles. The maximum atomic E-state index is 4.47. The van der Waals surface area contributed by atoms with Gasteiger partial charge in [0.1, 0.15) is 0 Å². The lowest BCUT2D eigenvalue weighted by molar-refractivity contribution is 0.620. The number of hydrogen-bond acceptors (Lipinski definition) is 1. The molecule has 0 N–H and O–H groups in total. The molecule has 2 unspecified atom stereocenters. The predicted octanol–water partition coefficient (Wildman–Crippen LogP) is 3.24. The fraction of sp³-hybridized carbons (Fsp3) is 0.308. The summed E-state index contributed by atoms with van der Waals surface area (Å²) in [5, 5.41) is 0. The van der Waals surface area contributed by atoms with E-state index >= 15 is 0 Å². The Balaban J connectivity index is 2.27. The summed E-state index contributed by atoms with van der Waals surface area (Å²) in [4.78, 5) is 4.47. The van der Waals surface area contributed by atoms with E-state index in [2.05, 4.69) is 55.3 Å². The van der Waals surface area contributed by atoms with Crippen molar-refractivity contribution in [2.24, 2.45) is 5.92 Å². The highest BCUT2D eigenvalue weighted by atomic mass is 14.7. The molecule has 0 amide bonds. The van der Waals surface area contributed by atoms with Crippen LogP contribution in [0.15, 0.2) is 42.6 Å². The lowest BCUT2D eigenvalue weighted by Gasteiger charge is -2.19. The zero-order valence-electron chi connectivity index (χ0n) is 8.64. The Bertz CT molecular complexity index is 359. The van der Waals surface area contributed by atoms with Crippen molar-refractivity contribution >= 4 is 0 Å². The summed E-state index contributed by atoms with van der Waals surface area (Å²) in [5.41, 5.74) is 2.39. The third kappa shape index (κ3) is 1.77. The van der Waals surface area contributed by atoms with Gasteiger partial charge in [-0.1, -0.05) is 37.3 Å². The molecule has 0 spiro atoms. The SMILES string of the molecule is Cc1ccc(C2C=CC=CC2C)nc1. The summed E-state index contributed by atoms with van der Waals surface area (Å²) in [6.07, 6.45) is 10.6. The molecule has 2 atom stereocenters. The Hall–Kier alpha value is -1.37. The number of nitrogens with zero attached hydrogens (tertiary/aromatic N) is 1. The Morgan fingerprint density at radius 1 is 1.14 bits per heavy atom. The minimum Gasteiger partial charge on any atom is -0.260 e. The fourth-order valence-corrected chi connectivity index (χ4v) is 1.76. The van der Waals surface area contributed by atoms with Gasteiger partial charge in [-0.15, -0.1) is 0 Å². The molecular formula is C13H15N. The highest BCUT2D eigenvalue weighted by Crippen LogP contribution is 2.28. The molecule has 0 saturated carbocycles. The molecule has 1 nitrogen and oxygen atoms in total. The van der Waals surface area contributed by atoms with Crippen molar-refractivity contribution in [3.63, 3.8) is 0 Å². The molecule has 0 fully saturated rings. The van der Waals surface area contributed by atoms with Crippen LogP contribution in [0.2, 0.25) is 0 Å². The van der Waals surface area contributed by atoms with E-state index in [9.17, 15) is 0 Å². The molecule has 0 bridgehead atoms. The van der Waals surface area contributed by atoms with Crippen molar-refractivity contribution in [1.29, 1.82) is 0 Å². The quantitative estimate of drug-likeness (QED) is 0.654. The Labute approximate surface area is 85.2 Å². The molecule has 2 rings (SSSR count). The lowest BCUT2D eigenvalue weighted by Crippen LogP contribution is -2.08. The summed E-state index contributed by atoms with van der Waals surface area (Å²) < 4.78 is 0. The number of allylic oxidation sites excluding steroid dienone is 4. The second kappa shape index (κ2) is 3.79. The molecule has 0 aliphatic heterocycles. The molecule has 1 aliphatic carbocycles. The number of pyridine rings is 1. The first-order valence-corrected chi connectivity index (χ1v) is 5.05. The van der Waals surface area contributed by atoms with Crippen LogP contribution >= 0.6 is 0 Å². The summed E-state index contributed by atoms with van der Waals surface area (Å²) in [7, 11) is 0. The van der Waals surface area contributed by atoms with Gasteiger partial charge in [-0.3, -0.25) is 4.98 Å². The van der Waals surface area contributed by atoms with E-state index < -0.39 is 0 Å². The Morgan fingerprint density at radius 3 is 2.57 bits per heavy atom. The van der Waals surface area contributed by atoms with Crippen LogP contribution in [0.3, 0.4) is 0 Å². The minimum atomic E-state index is 0.445. The normalized spacial score (nSPS) is 25.3. The maximum absolute atomic E-state index is 4.47. The average Bonchev–Trinajstić information content (AvgIpc) is 2.20. The largest absolute Gasteiger partial charge is 0.260 e. The predicted molar refractivity (Wildman–Crippen MR) is 59.2 cm³/mol. The topological polar surface area (TPSA) is 12.9 Å². The molecule has 1 heterocycles. The van der Waals surface area contributed by atoms with Gasteiger partial charge in [0.15, 0.2) is 0 Å². The standard InChI is InChI=1S/C13H15N/c1-10-7-8-13(14-9-10)12-6-4-3-5-11(12)2/h3-9,11-12H,1-2H3. The number of aryl methyl sites for hydroxylation is 1. The highest BCUT2D eigenvalue weighted by molar-refractivity contribution is 5.26. The van der Waals surface area contributed by atoms with E-state index in [1.807, 2.05) is 6.20 Å². The fourth-order valence-electron chi connectivity index (χ4n) is 1.76. The third-order valence-electron chi connectivity index (χ3n) is 2.69. The van der Waals surface area contributed by atoms with Crippen molar-refractivity contribution < 1.29 is 0 Å². The van der Waals surface area contributed by atoms with Gasteiger partial charge in [-0.2, -0.15) is 0 Å². The van der Waals surface area contributed by atoms with Gasteiger partial charge in [0.25, 0.3) is 0 Å². The van der Waals surface area contributed by atoms with Crippen LogP contribution in [0.4, 0.5) is 0 Å². The molecule has 14 heavy (non-hydrogen) atoms. The summed E-state index contributed by atoms with van der Waals surface area (Å²) in [5.74, 6) is 0.996. The third-order valence-corrected chi connectivity index (χ3v) is 2.69. The van der Waals surface area contributed by atoms with Crippen molar-refractivity contribution in [2.75, 3.05) is 0 Å². The van der Waals surface area contributed by atoms with Crippen LogP contribution in [0.5, 0.6) is 0 Å². The summed E-state index contributed by atoms with van der Waals surface area (Å²) in [6, 6.07) is 4.25. The first-order chi connectivity index (χ1) is 6.77. The smallest absolute Gasteiger partial charge is 0.0478 e. The van der Waals surface area contributed by atoms with E-state index in [-0.39, 0.29) is 0 Å². The molecule has 0 radical (unpaired) electrons. The summed E-state index contributed by atoms with van der Waals surface area (Å²) in [6.45, 7) is 4.29. The molecule has 1 aromatic rings. The van der Waals surface area contributed by atoms with Gasteiger partial charge in [0.05, 0.1) is 0 Å². The monoisotopic (exact) mass is 185 g/mol. The van der Waals surface area contributed by atoms with E-state index in [1.165, 1.54) is 11.3 Å². The van der Waals surface area contributed by atoms with Gasteiger partial charge >= 0.3 is 0 Å². The first kappa shape index (κ1) is 9.20. The highest BCUT2D eigenvalue weighted by Gasteiger charge is 2.16. The number of hydrogen-bond donors (Lipinski definition) is 0. The van der Waals surface area contributed by atoms with E-state index in [0.29, 0.717) is 11.8 Å². The van der Waals surface area contributed by atoms with Crippen molar-refractivity contribution in [3.05, 3.63) is 53.9 Å². The van der Waals surface area contributed by atoms with Gasteiger partial charge in [-0.05, 0) is 24.5 Å². The van der Waals surface area contributed by atoms with Gasteiger partial charge in [-0.25, -0.2) is 0 Å². The van der Waals surface area contributed by atoms with Gasteiger partial charge in [0.2, 0.25) is 0 Å². The van der Waals surface area contributed by atoms with Crippen LogP contribution in [0.1, 0.15) is 24.1 Å². The maximum Gasteiger partial charge on any atom is 0.0478 e. The second-order valence-corrected chi connectivity index (χ2v) is 3.92. The summed E-state index contributed by atoms with van der Waals surface area (Å²) >= 11 is 0. The lowest BCUT2D eigenvalue weighted by atomic mass is 9.87. The van der Waals surface area contributed by atoms with E-state index in [1.54, 1.807) is 0 Å². The number of rotatable bonds is 1. The Kier molecular flexibility index (Phi) is 2.49. The molecule has 1 aliphatic rings. The zero-order valence-corrected chi connectivity index (χ0v) is 8.64. The van der Waals surface area contributed by atoms with E-state index in [0.717, 1.165) is 0 Å². The molecule has 1 heteroatoms. The average molecular weight is 185 g/mol. The van der Waals surface area contributed by atoms with Crippen LogP contribution < -0.4 is 0 Å². The minimum absolute atomic E-state index is 0.445. The zero-order chi connectivity index (χ0) is 9.97. The van der Waals surface area contributed by atoms with Crippen LogP contribution in [0, 0.1) is 12.8 Å². The van der Waals surface area contributed by atoms with Crippen molar-refractivity contribution in [3.8, 4) is 0 Å². The van der Waals surface area contributed by atoms with Gasteiger partial charge < -0.3 is 0 Å².